The summed E-state index contributed by atoms with van der Waals surface area (Å²) in [4.78, 5) is 7.62. The number of aromatic amines is 1. The predicted octanol–water partition coefficient (Wildman–Crippen LogP) is 2.63. The molecule has 96 valence electrons. The molecule has 1 aromatic heterocycles. The Bertz CT molecular complexity index is 851. The summed E-state index contributed by atoms with van der Waals surface area (Å²) >= 11 is 0. The van der Waals surface area contributed by atoms with Gasteiger partial charge in [0.1, 0.15) is 0 Å². The van der Waals surface area contributed by atoms with Crippen molar-refractivity contribution in [2.24, 2.45) is 0 Å². The number of fused-ring (bicyclic) bond motifs is 1. The van der Waals surface area contributed by atoms with Crippen LogP contribution in [0.1, 0.15) is 0 Å². The molecule has 0 fully saturated rings. The number of benzene rings is 2. The minimum Gasteiger partial charge on any atom is -0.345 e. The molecule has 0 saturated carbocycles. The van der Waals surface area contributed by atoms with Gasteiger partial charge < -0.3 is 4.98 Å². The van der Waals surface area contributed by atoms with E-state index in [9.17, 15) is 8.42 Å². The summed E-state index contributed by atoms with van der Waals surface area (Å²) in [5.41, 5.74) is 3.17. The van der Waals surface area contributed by atoms with Crippen molar-refractivity contribution in [2.45, 2.75) is 4.90 Å². The topological polar surface area (TPSA) is 62.8 Å². The number of H-pyrrole nitrogens is 1. The zero-order valence-corrected chi connectivity index (χ0v) is 11.1. The fourth-order valence-corrected chi connectivity index (χ4v) is 3.10. The lowest BCUT2D eigenvalue weighted by molar-refractivity contribution is 0.602. The van der Waals surface area contributed by atoms with Gasteiger partial charge in [-0.2, -0.15) is 0 Å². The van der Waals surface area contributed by atoms with Gasteiger partial charge in [-0.05, 0) is 12.1 Å². The number of imidazole rings is 1. The minimum absolute atomic E-state index is 0.325. The standard InChI is InChI=1S/C14H12N2O2S/c1-19(17,18)13-8-3-2-5-10(13)11-6-4-7-12-14(11)16-9-15-12/h2-9H,1H3,(H,15,16). The van der Waals surface area contributed by atoms with E-state index in [1.165, 1.54) is 6.26 Å². The lowest BCUT2D eigenvalue weighted by atomic mass is 10.0. The van der Waals surface area contributed by atoms with E-state index in [4.69, 9.17) is 0 Å². The lowest BCUT2D eigenvalue weighted by Crippen LogP contribution is -1.99. The molecule has 19 heavy (non-hydrogen) atoms. The Balaban J connectivity index is 2.37. The highest BCUT2D eigenvalue weighted by atomic mass is 32.2. The van der Waals surface area contributed by atoms with E-state index >= 15 is 0 Å². The predicted molar refractivity (Wildman–Crippen MR) is 74.6 cm³/mol. The van der Waals surface area contributed by atoms with Crippen molar-refractivity contribution < 1.29 is 8.42 Å². The zero-order chi connectivity index (χ0) is 13.5. The molecule has 0 bridgehead atoms. The van der Waals surface area contributed by atoms with Gasteiger partial charge in [-0.1, -0.05) is 30.3 Å². The smallest absolute Gasteiger partial charge is 0.176 e. The summed E-state index contributed by atoms with van der Waals surface area (Å²) in [5.74, 6) is 0. The number of hydrogen-bond acceptors (Lipinski definition) is 3. The van der Waals surface area contributed by atoms with Crippen molar-refractivity contribution >= 4 is 20.9 Å². The molecule has 0 atom stereocenters. The van der Waals surface area contributed by atoms with E-state index in [1.807, 2.05) is 24.3 Å². The monoisotopic (exact) mass is 272 g/mol. The highest BCUT2D eigenvalue weighted by Crippen LogP contribution is 2.31. The highest BCUT2D eigenvalue weighted by molar-refractivity contribution is 7.90. The van der Waals surface area contributed by atoms with Gasteiger partial charge in [-0.25, -0.2) is 13.4 Å². The van der Waals surface area contributed by atoms with Crippen LogP contribution in [0.15, 0.2) is 53.7 Å². The summed E-state index contributed by atoms with van der Waals surface area (Å²) in [6.45, 7) is 0. The van der Waals surface area contributed by atoms with Gasteiger partial charge in [0, 0.05) is 17.4 Å². The largest absolute Gasteiger partial charge is 0.345 e. The summed E-state index contributed by atoms with van der Waals surface area (Å²) in [7, 11) is -3.27. The van der Waals surface area contributed by atoms with Gasteiger partial charge in [0.05, 0.1) is 22.3 Å². The summed E-state index contributed by atoms with van der Waals surface area (Å²) in [5, 5.41) is 0. The Kier molecular flexibility index (Phi) is 2.64. The van der Waals surface area contributed by atoms with Crippen molar-refractivity contribution in [1.82, 2.24) is 9.97 Å². The molecule has 0 amide bonds. The van der Waals surface area contributed by atoms with Crippen molar-refractivity contribution in [3.8, 4) is 11.1 Å². The molecule has 0 aliphatic heterocycles. The molecule has 3 rings (SSSR count). The molecule has 0 spiro atoms. The molecule has 0 aliphatic carbocycles. The number of para-hydroxylation sites is 1. The molecular weight excluding hydrogens is 260 g/mol. The molecule has 1 heterocycles. The summed E-state index contributed by atoms with van der Waals surface area (Å²) in [6.07, 6.45) is 2.83. The Hall–Kier alpha value is -2.14. The molecule has 2 aromatic carbocycles. The molecule has 4 nitrogen and oxygen atoms in total. The van der Waals surface area contributed by atoms with Crippen LogP contribution < -0.4 is 0 Å². The molecule has 5 heteroatoms. The number of nitrogens with zero attached hydrogens (tertiary/aromatic N) is 1. The second kappa shape index (κ2) is 4.20. The normalized spacial score (nSPS) is 11.8. The number of aromatic nitrogens is 2. The van der Waals surface area contributed by atoms with Gasteiger partial charge >= 0.3 is 0 Å². The van der Waals surface area contributed by atoms with E-state index in [2.05, 4.69) is 9.97 Å². The van der Waals surface area contributed by atoms with Crippen LogP contribution in [-0.4, -0.2) is 24.6 Å². The average Bonchev–Trinajstić information content (AvgIpc) is 2.85. The van der Waals surface area contributed by atoms with Crippen LogP contribution in [0.25, 0.3) is 22.2 Å². The zero-order valence-electron chi connectivity index (χ0n) is 10.3. The van der Waals surface area contributed by atoms with Gasteiger partial charge in [-0.15, -0.1) is 0 Å². The van der Waals surface area contributed by atoms with Crippen LogP contribution in [-0.2, 0) is 9.84 Å². The maximum Gasteiger partial charge on any atom is 0.176 e. The number of hydrogen-bond donors (Lipinski definition) is 1. The van der Waals surface area contributed by atoms with Gasteiger partial charge in [-0.3, -0.25) is 0 Å². The molecule has 0 aliphatic rings. The molecule has 0 unspecified atom stereocenters. The SMILES string of the molecule is CS(=O)(=O)c1ccccc1-c1cccc2[nH]cnc12. The van der Waals surface area contributed by atoms with Crippen LogP contribution in [0.4, 0.5) is 0 Å². The highest BCUT2D eigenvalue weighted by Gasteiger charge is 2.16. The van der Waals surface area contributed by atoms with E-state index in [0.29, 0.717) is 10.5 Å². The first-order valence-corrected chi connectivity index (χ1v) is 7.68. The number of rotatable bonds is 2. The first kappa shape index (κ1) is 11.9. The maximum atomic E-state index is 11.9. The molecular formula is C14H12N2O2S. The van der Waals surface area contributed by atoms with Gasteiger partial charge in [0.15, 0.2) is 9.84 Å². The van der Waals surface area contributed by atoms with Crippen molar-refractivity contribution in [1.29, 1.82) is 0 Å². The van der Waals surface area contributed by atoms with Crippen molar-refractivity contribution in [3.63, 3.8) is 0 Å². The Morgan fingerprint density at radius 2 is 1.74 bits per heavy atom. The van der Waals surface area contributed by atoms with E-state index in [1.54, 1.807) is 24.5 Å². The third kappa shape index (κ3) is 2.02. The molecule has 3 aromatic rings. The second-order valence-electron chi connectivity index (χ2n) is 4.37. The van der Waals surface area contributed by atoms with E-state index in [0.717, 1.165) is 16.6 Å². The van der Waals surface area contributed by atoms with Crippen molar-refractivity contribution in [3.05, 3.63) is 48.8 Å². The van der Waals surface area contributed by atoms with Crippen LogP contribution in [0.3, 0.4) is 0 Å². The number of sulfone groups is 1. The van der Waals surface area contributed by atoms with Gasteiger partial charge in [0.25, 0.3) is 0 Å². The first-order valence-electron chi connectivity index (χ1n) is 5.79. The molecule has 0 radical (unpaired) electrons. The molecule has 1 N–H and O–H groups in total. The Morgan fingerprint density at radius 3 is 2.53 bits per heavy atom. The van der Waals surface area contributed by atoms with E-state index in [-0.39, 0.29) is 0 Å². The average molecular weight is 272 g/mol. The van der Waals surface area contributed by atoms with Crippen molar-refractivity contribution in [2.75, 3.05) is 6.26 Å². The minimum atomic E-state index is -3.27. The fraction of sp³-hybridized carbons (Fsp3) is 0.0714. The second-order valence-corrected chi connectivity index (χ2v) is 6.36. The van der Waals surface area contributed by atoms with Crippen LogP contribution in [0, 0.1) is 0 Å². The van der Waals surface area contributed by atoms with Gasteiger partial charge in [0.2, 0.25) is 0 Å². The summed E-state index contributed by atoms with van der Waals surface area (Å²) < 4.78 is 23.7. The molecule has 0 saturated heterocycles. The number of nitrogens with one attached hydrogen (secondary N) is 1. The Morgan fingerprint density at radius 1 is 1.00 bits per heavy atom. The Labute approximate surface area is 111 Å². The lowest BCUT2D eigenvalue weighted by Gasteiger charge is -2.08. The van der Waals surface area contributed by atoms with Crippen LogP contribution in [0.2, 0.25) is 0 Å². The maximum absolute atomic E-state index is 11.9. The fourth-order valence-electron chi connectivity index (χ4n) is 2.20. The van der Waals surface area contributed by atoms with E-state index < -0.39 is 9.84 Å². The van der Waals surface area contributed by atoms with Crippen LogP contribution >= 0.6 is 0 Å². The van der Waals surface area contributed by atoms with Crippen LogP contribution in [0.5, 0.6) is 0 Å². The summed E-state index contributed by atoms with van der Waals surface area (Å²) in [6, 6.07) is 12.7. The third-order valence-corrected chi connectivity index (χ3v) is 4.18. The quantitative estimate of drug-likeness (QED) is 0.780. The first-order chi connectivity index (χ1) is 9.07. The third-order valence-electron chi connectivity index (χ3n) is 3.03.